The molecular weight excluding hydrogens is 132 g/mol. The van der Waals surface area contributed by atoms with Crippen molar-refractivity contribution in [2.75, 3.05) is 0 Å². The summed E-state index contributed by atoms with van der Waals surface area (Å²) in [5.41, 5.74) is 1.46. The van der Waals surface area contributed by atoms with Crippen LogP contribution in [0, 0.1) is 11.8 Å². The number of hydrogen-bond donors (Lipinski definition) is 0. The first-order valence-electron chi connectivity index (χ1n) is 4.71. The summed E-state index contributed by atoms with van der Waals surface area (Å²) in [4.78, 5) is 0. The first kappa shape index (κ1) is 10.7. The van der Waals surface area contributed by atoms with Crippen LogP contribution in [0.25, 0.3) is 0 Å². The van der Waals surface area contributed by atoms with E-state index < -0.39 is 0 Å². The van der Waals surface area contributed by atoms with Crippen molar-refractivity contribution in [1.29, 1.82) is 0 Å². The Labute approximate surface area is 71.7 Å². The summed E-state index contributed by atoms with van der Waals surface area (Å²) in [6.45, 7) is 11.2. The highest BCUT2D eigenvalue weighted by Gasteiger charge is 2.04. The molecular formula is C11H22. The Morgan fingerprint density at radius 2 is 1.82 bits per heavy atom. The van der Waals surface area contributed by atoms with Gasteiger partial charge in [0.2, 0.25) is 0 Å². The first-order chi connectivity index (χ1) is 5.06. The molecule has 0 N–H and O–H groups in total. The van der Waals surface area contributed by atoms with E-state index in [0.29, 0.717) is 0 Å². The SMILES string of the molecule is CCC(C=C(C)C)CC(C)C. The van der Waals surface area contributed by atoms with Crippen molar-refractivity contribution in [3.8, 4) is 0 Å². The maximum atomic E-state index is 2.40. The van der Waals surface area contributed by atoms with Gasteiger partial charge in [0.1, 0.15) is 0 Å². The van der Waals surface area contributed by atoms with E-state index in [1.807, 2.05) is 0 Å². The highest BCUT2D eigenvalue weighted by atomic mass is 14.1. The van der Waals surface area contributed by atoms with Gasteiger partial charge >= 0.3 is 0 Å². The second kappa shape index (κ2) is 5.40. The van der Waals surface area contributed by atoms with Crippen LogP contribution >= 0.6 is 0 Å². The van der Waals surface area contributed by atoms with Crippen LogP contribution in [0.4, 0.5) is 0 Å². The average molecular weight is 154 g/mol. The third-order valence-electron chi connectivity index (χ3n) is 1.87. The van der Waals surface area contributed by atoms with Gasteiger partial charge in [-0.15, -0.1) is 0 Å². The van der Waals surface area contributed by atoms with Gasteiger partial charge in [-0.05, 0) is 38.5 Å². The third-order valence-corrected chi connectivity index (χ3v) is 1.87. The van der Waals surface area contributed by atoms with E-state index in [-0.39, 0.29) is 0 Å². The van der Waals surface area contributed by atoms with Crippen LogP contribution in [-0.2, 0) is 0 Å². The van der Waals surface area contributed by atoms with Crippen LogP contribution in [0.2, 0.25) is 0 Å². The van der Waals surface area contributed by atoms with E-state index >= 15 is 0 Å². The molecule has 0 aliphatic carbocycles. The van der Waals surface area contributed by atoms with Gasteiger partial charge in [0.25, 0.3) is 0 Å². The minimum atomic E-state index is 0.806. The fourth-order valence-corrected chi connectivity index (χ4v) is 1.43. The van der Waals surface area contributed by atoms with Gasteiger partial charge < -0.3 is 0 Å². The fraction of sp³-hybridized carbons (Fsp3) is 0.818. The van der Waals surface area contributed by atoms with Gasteiger partial charge in [-0.25, -0.2) is 0 Å². The van der Waals surface area contributed by atoms with E-state index in [4.69, 9.17) is 0 Å². The van der Waals surface area contributed by atoms with Gasteiger partial charge in [0, 0.05) is 0 Å². The molecule has 0 aliphatic heterocycles. The minimum Gasteiger partial charge on any atom is -0.0828 e. The molecule has 0 aromatic heterocycles. The zero-order valence-corrected chi connectivity index (χ0v) is 8.65. The van der Waals surface area contributed by atoms with Crippen LogP contribution in [0.3, 0.4) is 0 Å². The van der Waals surface area contributed by atoms with Crippen molar-refractivity contribution in [1.82, 2.24) is 0 Å². The first-order valence-corrected chi connectivity index (χ1v) is 4.71. The van der Waals surface area contributed by atoms with Crippen LogP contribution in [-0.4, -0.2) is 0 Å². The zero-order valence-electron chi connectivity index (χ0n) is 8.65. The van der Waals surface area contributed by atoms with Crippen molar-refractivity contribution in [2.45, 2.75) is 47.5 Å². The number of hydrogen-bond acceptors (Lipinski definition) is 0. The lowest BCUT2D eigenvalue weighted by atomic mass is 9.93. The molecule has 0 nitrogen and oxygen atoms in total. The quantitative estimate of drug-likeness (QED) is 0.536. The van der Waals surface area contributed by atoms with Crippen molar-refractivity contribution in [3.05, 3.63) is 11.6 Å². The highest BCUT2D eigenvalue weighted by Crippen LogP contribution is 2.17. The molecule has 1 atom stereocenters. The van der Waals surface area contributed by atoms with Gasteiger partial charge in [-0.1, -0.05) is 32.4 Å². The maximum absolute atomic E-state index is 2.40. The Morgan fingerprint density at radius 3 is 2.09 bits per heavy atom. The van der Waals surface area contributed by atoms with Crippen LogP contribution < -0.4 is 0 Å². The van der Waals surface area contributed by atoms with E-state index in [2.05, 4.69) is 40.7 Å². The largest absolute Gasteiger partial charge is 0.0828 e. The highest BCUT2D eigenvalue weighted by molar-refractivity contribution is 4.97. The predicted octanol–water partition coefficient (Wildman–Crippen LogP) is 4.02. The normalized spacial score (nSPS) is 13.3. The molecule has 0 rings (SSSR count). The summed E-state index contributed by atoms with van der Waals surface area (Å²) in [7, 11) is 0. The molecule has 0 heterocycles. The molecule has 1 unspecified atom stereocenters. The Hall–Kier alpha value is -0.260. The van der Waals surface area contributed by atoms with Gasteiger partial charge in [0.15, 0.2) is 0 Å². The van der Waals surface area contributed by atoms with E-state index in [9.17, 15) is 0 Å². The molecule has 0 bridgehead atoms. The summed E-state index contributed by atoms with van der Waals surface area (Å²) < 4.78 is 0. The number of rotatable bonds is 4. The second-order valence-electron chi connectivity index (χ2n) is 4.04. The van der Waals surface area contributed by atoms with Crippen molar-refractivity contribution < 1.29 is 0 Å². The smallest absolute Gasteiger partial charge is 0.0231 e. The van der Waals surface area contributed by atoms with Gasteiger partial charge in [-0.3, -0.25) is 0 Å². The van der Waals surface area contributed by atoms with Gasteiger partial charge in [0.05, 0.1) is 0 Å². The lowest BCUT2D eigenvalue weighted by Gasteiger charge is -2.13. The minimum absolute atomic E-state index is 0.806. The summed E-state index contributed by atoms with van der Waals surface area (Å²) in [5, 5.41) is 0. The van der Waals surface area contributed by atoms with Crippen molar-refractivity contribution >= 4 is 0 Å². The van der Waals surface area contributed by atoms with Crippen molar-refractivity contribution in [2.24, 2.45) is 11.8 Å². The lowest BCUT2D eigenvalue weighted by molar-refractivity contribution is 0.463. The van der Waals surface area contributed by atoms with E-state index in [1.165, 1.54) is 18.4 Å². The predicted molar refractivity (Wildman–Crippen MR) is 52.7 cm³/mol. The Balaban J connectivity index is 3.86. The molecule has 11 heavy (non-hydrogen) atoms. The maximum Gasteiger partial charge on any atom is -0.0231 e. The molecule has 0 aliphatic rings. The summed E-state index contributed by atoms with van der Waals surface area (Å²) in [6, 6.07) is 0. The molecule has 66 valence electrons. The molecule has 0 aromatic rings. The molecule has 0 saturated carbocycles. The number of allylic oxidation sites excluding steroid dienone is 2. The zero-order chi connectivity index (χ0) is 8.85. The Kier molecular flexibility index (Phi) is 5.27. The summed E-state index contributed by atoms with van der Waals surface area (Å²) >= 11 is 0. The summed E-state index contributed by atoms with van der Waals surface area (Å²) in [6.07, 6.45) is 5.02. The van der Waals surface area contributed by atoms with Crippen LogP contribution in [0.1, 0.15) is 47.5 Å². The third kappa shape index (κ3) is 6.15. The molecule has 0 amide bonds. The monoisotopic (exact) mass is 154 g/mol. The van der Waals surface area contributed by atoms with E-state index in [1.54, 1.807) is 0 Å². The molecule has 0 saturated heterocycles. The van der Waals surface area contributed by atoms with Gasteiger partial charge in [-0.2, -0.15) is 0 Å². The standard InChI is InChI=1S/C11H22/c1-6-11(7-9(2)3)8-10(4)5/h7,10-11H,6,8H2,1-5H3. The molecule has 0 heteroatoms. The van der Waals surface area contributed by atoms with Crippen LogP contribution in [0.15, 0.2) is 11.6 Å². The molecule has 0 aromatic carbocycles. The van der Waals surface area contributed by atoms with Crippen molar-refractivity contribution in [3.63, 3.8) is 0 Å². The lowest BCUT2D eigenvalue weighted by Crippen LogP contribution is -2.00. The molecule has 0 spiro atoms. The Bertz CT molecular complexity index is 116. The Morgan fingerprint density at radius 1 is 1.27 bits per heavy atom. The average Bonchev–Trinajstić information content (AvgIpc) is 1.84. The summed E-state index contributed by atoms with van der Waals surface area (Å²) in [5.74, 6) is 1.63. The topological polar surface area (TPSA) is 0 Å². The second-order valence-corrected chi connectivity index (χ2v) is 4.04. The fourth-order valence-electron chi connectivity index (χ4n) is 1.43. The molecule has 0 radical (unpaired) electrons. The van der Waals surface area contributed by atoms with Crippen LogP contribution in [0.5, 0.6) is 0 Å². The van der Waals surface area contributed by atoms with E-state index in [0.717, 1.165) is 11.8 Å². The molecule has 0 fully saturated rings.